The highest BCUT2D eigenvalue weighted by Crippen LogP contribution is 2.36. The Morgan fingerprint density at radius 2 is 2.05 bits per heavy atom. The maximum absolute atomic E-state index is 15.7. The van der Waals surface area contributed by atoms with E-state index < -0.39 is 34.7 Å². The highest BCUT2D eigenvalue weighted by Gasteiger charge is 2.33. The zero-order valence-electron chi connectivity index (χ0n) is 22.1. The lowest BCUT2D eigenvalue weighted by Crippen LogP contribution is -2.56. The van der Waals surface area contributed by atoms with Crippen LogP contribution in [0.25, 0.3) is 11.3 Å². The number of nitriles is 1. The van der Waals surface area contributed by atoms with Gasteiger partial charge in [-0.25, -0.2) is 18.8 Å². The summed E-state index contributed by atoms with van der Waals surface area (Å²) in [6.07, 6.45) is 3.43. The van der Waals surface area contributed by atoms with Gasteiger partial charge in [-0.2, -0.15) is 5.26 Å². The Labute approximate surface area is 239 Å². The number of nitrogens with one attached hydrogen (secondary N) is 1. The number of amides is 2. The van der Waals surface area contributed by atoms with Crippen LogP contribution in [0.2, 0.25) is 0 Å². The highest BCUT2D eigenvalue weighted by atomic mass is 32.2. The Morgan fingerprint density at radius 3 is 2.73 bits per heavy atom. The molecule has 3 aromatic rings. The maximum Gasteiger partial charge on any atom is 0.246 e. The van der Waals surface area contributed by atoms with Crippen LogP contribution < -0.4 is 5.32 Å². The molecule has 1 aliphatic heterocycles. The molecule has 1 aliphatic rings. The van der Waals surface area contributed by atoms with Crippen LogP contribution in [0.1, 0.15) is 12.0 Å². The number of nitrogens with zero attached hydrogens (tertiary/aromatic N) is 5. The van der Waals surface area contributed by atoms with Gasteiger partial charge in [0.25, 0.3) is 0 Å². The van der Waals surface area contributed by atoms with Gasteiger partial charge in [-0.15, -0.1) is 11.8 Å². The number of rotatable bonds is 8. The fourth-order valence-electron chi connectivity index (χ4n) is 4.61. The van der Waals surface area contributed by atoms with Crippen molar-refractivity contribution in [2.75, 3.05) is 31.2 Å². The summed E-state index contributed by atoms with van der Waals surface area (Å²) in [6.45, 7) is 4.21. The number of aliphatic imine (C=N–C) groups is 1. The molecule has 0 saturated carbocycles. The number of carbonyl (C=O) groups is 2. The molecule has 1 atom stereocenters. The monoisotopic (exact) mass is 576 g/mol. The van der Waals surface area contributed by atoms with Crippen LogP contribution in [-0.4, -0.2) is 70.0 Å². The number of pyridine rings is 1. The second-order valence-electron chi connectivity index (χ2n) is 8.92. The summed E-state index contributed by atoms with van der Waals surface area (Å²) in [6, 6.07) is 13.4. The first-order chi connectivity index (χ1) is 19.8. The number of amidine groups is 1. The lowest BCUT2D eigenvalue weighted by Gasteiger charge is -2.42. The lowest BCUT2D eigenvalue weighted by atomic mass is 10.0. The quantitative estimate of drug-likeness (QED) is 0.131. The van der Waals surface area contributed by atoms with Gasteiger partial charge in [0.2, 0.25) is 12.3 Å². The van der Waals surface area contributed by atoms with Gasteiger partial charge in [0, 0.05) is 24.5 Å². The fraction of sp³-hybridized carbons (Fsp3) is 0.207. The zero-order valence-corrected chi connectivity index (χ0v) is 22.9. The van der Waals surface area contributed by atoms with E-state index in [0.29, 0.717) is 12.1 Å². The van der Waals surface area contributed by atoms with Gasteiger partial charge < -0.3 is 20.2 Å². The van der Waals surface area contributed by atoms with Crippen LogP contribution in [0, 0.1) is 23.0 Å². The molecule has 1 saturated heterocycles. The Bertz CT molecular complexity index is 1540. The number of aromatic hydroxyl groups is 1. The van der Waals surface area contributed by atoms with Crippen molar-refractivity contribution in [3.05, 3.63) is 78.4 Å². The third-order valence-electron chi connectivity index (χ3n) is 6.52. The molecule has 41 heavy (non-hydrogen) atoms. The first-order valence-electron chi connectivity index (χ1n) is 12.5. The number of thioether (sulfide) groups is 1. The molecule has 1 fully saturated rings. The van der Waals surface area contributed by atoms with Gasteiger partial charge >= 0.3 is 0 Å². The smallest absolute Gasteiger partial charge is 0.246 e. The summed E-state index contributed by atoms with van der Waals surface area (Å²) in [4.78, 5) is 37.2. The normalized spacial score (nSPS) is 15.3. The average Bonchev–Trinajstić information content (AvgIpc) is 2.97. The minimum atomic E-state index is -0.972. The Kier molecular flexibility index (Phi) is 9.31. The number of piperazine rings is 1. The van der Waals surface area contributed by atoms with Gasteiger partial charge in [-0.05, 0) is 42.7 Å². The van der Waals surface area contributed by atoms with E-state index in [9.17, 15) is 24.3 Å². The van der Waals surface area contributed by atoms with Gasteiger partial charge in [-0.3, -0.25) is 9.59 Å². The van der Waals surface area contributed by atoms with E-state index >= 15 is 4.39 Å². The molecule has 9 nitrogen and oxygen atoms in total. The lowest BCUT2D eigenvalue weighted by molar-refractivity contribution is -0.128. The average molecular weight is 577 g/mol. The summed E-state index contributed by atoms with van der Waals surface area (Å²) in [7, 11) is 0. The zero-order chi connectivity index (χ0) is 29.5. The first kappa shape index (κ1) is 29.2. The fourth-order valence-corrected chi connectivity index (χ4v) is 5.14. The second kappa shape index (κ2) is 13.1. The van der Waals surface area contributed by atoms with E-state index in [2.05, 4.69) is 22.9 Å². The Balaban J connectivity index is 1.95. The predicted molar refractivity (Wildman–Crippen MR) is 153 cm³/mol. The van der Waals surface area contributed by atoms with E-state index in [-0.39, 0.29) is 49.2 Å². The molecule has 12 heteroatoms. The third kappa shape index (κ3) is 6.20. The number of carbonyl (C=O) groups excluding carboxylic acids is 2. The number of hydrogen-bond donors (Lipinski definition) is 2. The van der Waals surface area contributed by atoms with E-state index in [4.69, 9.17) is 4.99 Å². The van der Waals surface area contributed by atoms with E-state index in [1.54, 1.807) is 21.9 Å². The van der Waals surface area contributed by atoms with Crippen molar-refractivity contribution in [1.29, 1.82) is 5.26 Å². The third-order valence-corrected chi connectivity index (χ3v) is 7.31. The molecule has 0 bridgehead atoms. The first-order valence-corrected chi connectivity index (χ1v) is 13.7. The molecule has 2 N–H and O–H groups in total. The number of benzene rings is 2. The SMILES string of the molecule is C=CC(=O)N1CCN(C(=Nc2ccccc2SC)c2cc(F)c(-c3c(O)cccc3F)nc2NC=O)C(CC#N)C1. The molecule has 1 aromatic heterocycles. The van der Waals surface area contributed by atoms with E-state index in [0.717, 1.165) is 17.0 Å². The highest BCUT2D eigenvalue weighted by molar-refractivity contribution is 7.98. The number of phenols is 1. The van der Waals surface area contributed by atoms with Crippen LogP contribution >= 0.6 is 11.8 Å². The maximum atomic E-state index is 15.7. The van der Waals surface area contributed by atoms with Crippen molar-refractivity contribution in [2.24, 2.45) is 4.99 Å². The van der Waals surface area contributed by atoms with Crippen LogP contribution in [-0.2, 0) is 9.59 Å². The summed E-state index contributed by atoms with van der Waals surface area (Å²) in [5, 5.41) is 22.3. The van der Waals surface area contributed by atoms with E-state index in [1.165, 1.54) is 30.0 Å². The van der Waals surface area contributed by atoms with Crippen molar-refractivity contribution >= 4 is 41.4 Å². The van der Waals surface area contributed by atoms with Crippen molar-refractivity contribution in [2.45, 2.75) is 17.4 Å². The van der Waals surface area contributed by atoms with Crippen molar-refractivity contribution < 1.29 is 23.5 Å². The molecule has 2 heterocycles. The molecule has 0 spiro atoms. The summed E-state index contributed by atoms with van der Waals surface area (Å²) >= 11 is 1.45. The molecule has 210 valence electrons. The van der Waals surface area contributed by atoms with Crippen molar-refractivity contribution in [3.63, 3.8) is 0 Å². The summed E-state index contributed by atoms with van der Waals surface area (Å²) < 4.78 is 30.4. The molecule has 4 rings (SSSR count). The number of phenolic OH excluding ortho intramolecular Hbond substituents is 1. The van der Waals surface area contributed by atoms with Gasteiger partial charge in [0.05, 0.1) is 35.3 Å². The van der Waals surface area contributed by atoms with Crippen LogP contribution in [0.15, 0.2) is 71.1 Å². The molecular weight excluding hydrogens is 550 g/mol. The predicted octanol–water partition coefficient (Wildman–Crippen LogP) is 4.71. The largest absolute Gasteiger partial charge is 0.507 e. The van der Waals surface area contributed by atoms with Crippen molar-refractivity contribution in [3.8, 4) is 23.1 Å². The van der Waals surface area contributed by atoms with Crippen molar-refractivity contribution in [1.82, 2.24) is 14.8 Å². The standard InChI is InChI=1S/C29H26F2N6O3S/c1-3-25(40)36-13-14-37(18(16-36)11-12-32)29(34-22-8-4-5-10-24(22)41-2)19-15-21(31)27(35-28(19)33-17-38)26-20(30)7-6-9-23(26)39/h3-10,15,17-18,39H,1,11,13-14,16H2,2H3,(H,33,35,38). The summed E-state index contributed by atoms with van der Waals surface area (Å²) in [5.74, 6) is -2.64. The molecule has 1 unspecified atom stereocenters. The minimum Gasteiger partial charge on any atom is -0.507 e. The molecule has 2 amide bonds. The van der Waals surface area contributed by atoms with Crippen LogP contribution in [0.5, 0.6) is 5.75 Å². The van der Waals surface area contributed by atoms with Crippen LogP contribution in [0.4, 0.5) is 20.3 Å². The topological polar surface area (TPSA) is 122 Å². The Morgan fingerprint density at radius 1 is 1.27 bits per heavy atom. The summed E-state index contributed by atoms with van der Waals surface area (Å²) in [5.41, 5.74) is -0.358. The number of para-hydroxylation sites is 1. The second-order valence-corrected chi connectivity index (χ2v) is 9.76. The molecule has 0 aliphatic carbocycles. The van der Waals surface area contributed by atoms with E-state index in [1.807, 2.05) is 18.4 Å². The number of halogens is 2. The van der Waals surface area contributed by atoms with Crippen LogP contribution in [0.3, 0.4) is 0 Å². The molecule has 2 aromatic carbocycles. The number of anilines is 1. The Hall–Kier alpha value is -4.76. The van der Waals surface area contributed by atoms with Gasteiger partial charge in [-0.1, -0.05) is 24.8 Å². The molecule has 0 radical (unpaired) electrons. The molecular formula is C29H26F2N6O3S. The van der Waals surface area contributed by atoms with Gasteiger partial charge in [0.1, 0.15) is 28.9 Å². The number of aromatic nitrogens is 1. The number of hydrogen-bond acceptors (Lipinski definition) is 7. The van der Waals surface area contributed by atoms with Gasteiger partial charge in [0.15, 0.2) is 5.82 Å². The minimum absolute atomic E-state index is 0.0116.